The van der Waals surface area contributed by atoms with Crippen molar-refractivity contribution in [3.8, 4) is 0 Å². The van der Waals surface area contributed by atoms with E-state index in [1.165, 1.54) is 12.8 Å². The molecular formula is C4H13NO4S. The lowest BCUT2D eigenvalue weighted by Crippen LogP contribution is -2.49. The highest BCUT2D eigenvalue weighted by Crippen LogP contribution is 1.75. The van der Waals surface area contributed by atoms with E-state index in [0.717, 1.165) is 6.54 Å². The van der Waals surface area contributed by atoms with Crippen molar-refractivity contribution in [2.45, 2.75) is 19.8 Å². The van der Waals surface area contributed by atoms with E-state index in [1.807, 2.05) is 0 Å². The molecule has 0 aliphatic carbocycles. The molecule has 64 valence electrons. The lowest BCUT2D eigenvalue weighted by atomic mass is 10.3. The molecule has 0 saturated carbocycles. The van der Waals surface area contributed by atoms with Crippen molar-refractivity contribution in [2.75, 3.05) is 6.54 Å². The average Bonchev–Trinajstić information content (AvgIpc) is 1.63. The highest BCUT2D eigenvalue weighted by molar-refractivity contribution is 7.79. The van der Waals surface area contributed by atoms with Gasteiger partial charge in [0.2, 0.25) is 10.4 Å². The van der Waals surface area contributed by atoms with Gasteiger partial charge >= 0.3 is 0 Å². The molecule has 0 aromatic carbocycles. The Kier molecular flexibility index (Phi) is 8.68. The van der Waals surface area contributed by atoms with Crippen LogP contribution in [-0.4, -0.2) is 24.1 Å². The Morgan fingerprint density at radius 1 is 1.60 bits per heavy atom. The van der Waals surface area contributed by atoms with Gasteiger partial charge in [0, 0.05) is 0 Å². The van der Waals surface area contributed by atoms with Crippen LogP contribution in [0.1, 0.15) is 19.8 Å². The molecule has 0 aromatic heterocycles. The molecule has 4 N–H and O–H groups in total. The molecule has 0 fully saturated rings. The van der Waals surface area contributed by atoms with Crippen molar-refractivity contribution in [3.05, 3.63) is 0 Å². The van der Waals surface area contributed by atoms with Crippen molar-refractivity contribution in [2.24, 2.45) is 0 Å². The van der Waals surface area contributed by atoms with Crippen LogP contribution in [0.25, 0.3) is 0 Å². The first kappa shape index (κ1) is 12.5. The Morgan fingerprint density at radius 2 is 1.90 bits per heavy atom. The first-order valence-corrected chi connectivity index (χ1v) is 4.25. The molecule has 0 aliphatic heterocycles. The number of unbranched alkanes of at least 4 members (excludes halogenated alkanes) is 1. The molecular weight excluding hydrogens is 158 g/mol. The molecule has 0 saturated heterocycles. The third-order valence-corrected chi connectivity index (χ3v) is 0.604. The number of hydrogen-bond acceptors (Lipinski definition) is 3. The zero-order chi connectivity index (χ0) is 8.62. The van der Waals surface area contributed by atoms with Gasteiger partial charge in [-0.1, -0.05) is 13.3 Å². The summed E-state index contributed by atoms with van der Waals surface area (Å²) in [6.45, 7) is 3.27. The largest absolute Gasteiger partial charge is 0.726 e. The highest BCUT2D eigenvalue weighted by Gasteiger charge is 1.71. The maximum absolute atomic E-state index is 8.63. The van der Waals surface area contributed by atoms with E-state index < -0.39 is 10.4 Å². The van der Waals surface area contributed by atoms with Crippen LogP contribution in [0.5, 0.6) is 0 Å². The smallest absolute Gasteiger partial charge is 0.215 e. The van der Waals surface area contributed by atoms with Crippen LogP contribution in [0.15, 0.2) is 0 Å². The van der Waals surface area contributed by atoms with Crippen molar-refractivity contribution in [1.29, 1.82) is 0 Å². The fourth-order valence-corrected chi connectivity index (χ4v) is 0.250. The van der Waals surface area contributed by atoms with Crippen molar-refractivity contribution >= 4 is 10.4 Å². The monoisotopic (exact) mass is 171 g/mol. The Morgan fingerprint density at radius 3 is 1.90 bits per heavy atom. The van der Waals surface area contributed by atoms with Crippen molar-refractivity contribution < 1.29 is 23.3 Å². The van der Waals surface area contributed by atoms with E-state index in [9.17, 15) is 0 Å². The second-order valence-electron chi connectivity index (χ2n) is 1.63. The van der Waals surface area contributed by atoms with E-state index in [0.29, 0.717) is 0 Å². The van der Waals surface area contributed by atoms with Gasteiger partial charge in [0.05, 0.1) is 6.54 Å². The minimum absolute atomic E-state index is 1.09. The van der Waals surface area contributed by atoms with Crippen LogP contribution in [0.4, 0.5) is 0 Å². The number of hydrogen-bond donors (Lipinski definition) is 2. The van der Waals surface area contributed by atoms with Crippen molar-refractivity contribution in [3.63, 3.8) is 0 Å². The normalized spacial score (nSPS) is 10.0. The zero-order valence-corrected chi connectivity index (χ0v) is 6.73. The standard InChI is InChI=1S/C4H11N.H2O4S/c1-2-3-4-5;1-5(2,3)4/h2-5H2,1H3;(H2,1,2,3,4). The average molecular weight is 171 g/mol. The fraction of sp³-hybridized carbons (Fsp3) is 1.00. The molecule has 0 aliphatic rings. The Balaban J connectivity index is 0. The molecule has 0 rings (SSSR count). The van der Waals surface area contributed by atoms with E-state index in [2.05, 4.69) is 12.7 Å². The van der Waals surface area contributed by atoms with Crippen LogP contribution in [0.2, 0.25) is 0 Å². The summed E-state index contributed by atoms with van der Waals surface area (Å²) in [6, 6.07) is 0. The summed E-state index contributed by atoms with van der Waals surface area (Å²) in [4.78, 5) is 0. The van der Waals surface area contributed by atoms with Gasteiger partial charge in [-0.05, 0) is 6.42 Å². The zero-order valence-electron chi connectivity index (χ0n) is 5.91. The first-order valence-electron chi connectivity index (χ1n) is 2.89. The summed E-state index contributed by atoms with van der Waals surface area (Å²) >= 11 is 0. The third-order valence-electron chi connectivity index (χ3n) is 0.604. The van der Waals surface area contributed by atoms with Gasteiger partial charge in [0.25, 0.3) is 0 Å². The van der Waals surface area contributed by atoms with E-state index >= 15 is 0 Å². The molecule has 10 heavy (non-hydrogen) atoms. The molecule has 0 bridgehead atoms. The maximum atomic E-state index is 8.63. The Bertz CT molecular complexity index is 131. The summed E-state index contributed by atoms with van der Waals surface area (Å²) in [5, 5.41) is 0. The minimum Gasteiger partial charge on any atom is -0.726 e. The molecule has 0 amide bonds. The Hall–Kier alpha value is -0.170. The number of rotatable bonds is 2. The molecule has 0 aromatic rings. The maximum Gasteiger partial charge on any atom is 0.215 e. The molecule has 0 unspecified atom stereocenters. The minimum atomic E-state index is -4.92. The second kappa shape index (κ2) is 6.94. The molecule has 5 nitrogen and oxygen atoms in total. The van der Waals surface area contributed by atoms with Gasteiger partial charge in [0.1, 0.15) is 0 Å². The van der Waals surface area contributed by atoms with E-state index in [1.54, 1.807) is 0 Å². The van der Waals surface area contributed by atoms with Gasteiger partial charge in [-0.3, -0.25) is 4.55 Å². The van der Waals surface area contributed by atoms with Crippen molar-refractivity contribution in [1.82, 2.24) is 0 Å². The quantitative estimate of drug-likeness (QED) is 0.412. The van der Waals surface area contributed by atoms with Crippen LogP contribution >= 0.6 is 0 Å². The SMILES string of the molecule is CCCC[NH3+].O=S(=O)([O-])O. The van der Waals surface area contributed by atoms with Gasteiger partial charge in [0.15, 0.2) is 0 Å². The topological polar surface area (TPSA) is 105 Å². The lowest BCUT2D eigenvalue weighted by molar-refractivity contribution is -0.368. The van der Waals surface area contributed by atoms with Gasteiger partial charge < -0.3 is 10.3 Å². The van der Waals surface area contributed by atoms with Gasteiger partial charge in [-0.25, -0.2) is 8.42 Å². The molecule has 6 heteroatoms. The predicted molar refractivity (Wildman–Crippen MR) is 35.0 cm³/mol. The second-order valence-corrected chi connectivity index (χ2v) is 2.49. The summed E-state index contributed by atoms with van der Waals surface area (Å²) in [7, 11) is -4.92. The molecule has 0 heterocycles. The summed E-state index contributed by atoms with van der Waals surface area (Å²) < 4.78 is 32.8. The summed E-state index contributed by atoms with van der Waals surface area (Å²) in [5.74, 6) is 0. The lowest BCUT2D eigenvalue weighted by Gasteiger charge is -1.88. The van der Waals surface area contributed by atoms with Crippen LogP contribution in [0, 0.1) is 0 Å². The number of quaternary nitrogens is 1. The highest BCUT2D eigenvalue weighted by atomic mass is 32.3. The van der Waals surface area contributed by atoms with Crippen LogP contribution in [0.3, 0.4) is 0 Å². The first-order chi connectivity index (χ1) is 4.41. The van der Waals surface area contributed by atoms with Gasteiger partial charge in [-0.2, -0.15) is 0 Å². The van der Waals surface area contributed by atoms with Crippen LogP contribution in [-0.2, 0) is 10.4 Å². The molecule has 0 spiro atoms. The van der Waals surface area contributed by atoms with E-state index in [-0.39, 0.29) is 0 Å². The molecule has 0 radical (unpaired) electrons. The third kappa shape index (κ3) is 109. The predicted octanol–water partition coefficient (Wildman–Crippen LogP) is -0.967. The van der Waals surface area contributed by atoms with Gasteiger partial charge in [-0.15, -0.1) is 0 Å². The Labute approximate surface area is 60.8 Å². The molecule has 0 atom stereocenters. The summed E-state index contributed by atoms with van der Waals surface area (Å²) in [5.41, 5.74) is 3.68. The summed E-state index contributed by atoms with van der Waals surface area (Å²) in [6.07, 6.45) is 2.56. The van der Waals surface area contributed by atoms with Crippen LogP contribution < -0.4 is 5.73 Å². The fourth-order valence-electron chi connectivity index (χ4n) is 0.250. The van der Waals surface area contributed by atoms with E-state index in [4.69, 9.17) is 17.5 Å².